The van der Waals surface area contributed by atoms with Crippen molar-refractivity contribution in [2.45, 2.75) is 13.5 Å². The molecule has 3 rings (SSSR count). The topological polar surface area (TPSA) is 39.2 Å². The highest BCUT2D eigenvalue weighted by Crippen LogP contribution is 2.28. The van der Waals surface area contributed by atoms with Gasteiger partial charge in [-0.15, -0.1) is 11.3 Å². The maximum absolute atomic E-state index is 10.7. The van der Waals surface area contributed by atoms with Gasteiger partial charge in [0.05, 0.1) is 5.69 Å². The normalized spacial score (nSPS) is 10.4. The molecule has 3 aromatic rings. The van der Waals surface area contributed by atoms with E-state index in [0.717, 1.165) is 34.4 Å². The van der Waals surface area contributed by atoms with E-state index in [4.69, 9.17) is 4.74 Å². The fourth-order valence-electron chi connectivity index (χ4n) is 2.22. The molecule has 0 N–H and O–H groups in total. The van der Waals surface area contributed by atoms with Crippen LogP contribution in [-0.4, -0.2) is 11.3 Å². The van der Waals surface area contributed by atoms with E-state index in [-0.39, 0.29) is 0 Å². The van der Waals surface area contributed by atoms with E-state index in [2.05, 4.69) is 4.98 Å². The van der Waals surface area contributed by atoms with E-state index in [0.29, 0.717) is 11.6 Å². The highest BCUT2D eigenvalue weighted by atomic mass is 32.1. The van der Waals surface area contributed by atoms with Crippen molar-refractivity contribution < 1.29 is 9.53 Å². The third kappa shape index (κ3) is 3.23. The van der Waals surface area contributed by atoms with Gasteiger partial charge in [0.25, 0.3) is 0 Å². The summed E-state index contributed by atoms with van der Waals surface area (Å²) in [5.74, 6) is 0.830. The third-order valence-corrected chi connectivity index (χ3v) is 4.12. The highest BCUT2D eigenvalue weighted by Gasteiger charge is 2.08. The summed E-state index contributed by atoms with van der Waals surface area (Å²) in [5, 5.41) is 2.40. The zero-order chi connectivity index (χ0) is 15.4. The Morgan fingerprint density at radius 2 is 2.00 bits per heavy atom. The monoisotopic (exact) mass is 309 g/mol. The van der Waals surface area contributed by atoms with E-state index >= 15 is 0 Å². The molecule has 22 heavy (non-hydrogen) atoms. The molecule has 0 amide bonds. The highest BCUT2D eigenvalue weighted by molar-refractivity contribution is 7.11. The van der Waals surface area contributed by atoms with Crippen molar-refractivity contribution in [1.82, 2.24) is 4.98 Å². The van der Waals surface area contributed by atoms with Crippen molar-refractivity contribution in [3.8, 4) is 17.0 Å². The SMILES string of the molecule is Cc1cc(OCc2ccccc2)ccc1-c1csc(C=O)n1. The Balaban J connectivity index is 1.75. The number of thiazole rings is 1. The number of carbonyl (C=O) groups excluding carboxylic acids is 1. The van der Waals surface area contributed by atoms with Crippen LogP contribution in [0, 0.1) is 6.92 Å². The first-order chi connectivity index (χ1) is 10.8. The van der Waals surface area contributed by atoms with E-state index in [1.807, 2.05) is 60.8 Å². The quantitative estimate of drug-likeness (QED) is 0.651. The van der Waals surface area contributed by atoms with Crippen LogP contribution in [-0.2, 0) is 6.61 Å². The molecule has 0 aliphatic rings. The molecule has 0 saturated heterocycles. The predicted octanol–water partition coefficient (Wildman–Crippen LogP) is 4.51. The first-order valence-electron chi connectivity index (χ1n) is 6.95. The molecule has 0 atom stereocenters. The Labute approximate surface area is 133 Å². The van der Waals surface area contributed by atoms with E-state index in [1.54, 1.807) is 0 Å². The number of benzene rings is 2. The number of aryl methyl sites for hydroxylation is 1. The lowest BCUT2D eigenvalue weighted by Gasteiger charge is -2.09. The first kappa shape index (κ1) is 14.5. The van der Waals surface area contributed by atoms with E-state index in [1.165, 1.54) is 11.3 Å². The lowest BCUT2D eigenvalue weighted by molar-refractivity contribution is 0.112. The van der Waals surface area contributed by atoms with Gasteiger partial charge in [0.2, 0.25) is 0 Å². The van der Waals surface area contributed by atoms with Crippen LogP contribution in [0.1, 0.15) is 20.9 Å². The third-order valence-electron chi connectivity index (χ3n) is 3.34. The summed E-state index contributed by atoms with van der Waals surface area (Å²) in [6.45, 7) is 2.57. The van der Waals surface area contributed by atoms with Crippen LogP contribution in [0.25, 0.3) is 11.3 Å². The van der Waals surface area contributed by atoms with Crippen molar-refractivity contribution >= 4 is 17.6 Å². The molecule has 0 fully saturated rings. The smallest absolute Gasteiger partial charge is 0.178 e. The van der Waals surface area contributed by atoms with Gasteiger partial charge in [-0.1, -0.05) is 30.3 Å². The van der Waals surface area contributed by atoms with Crippen LogP contribution in [0.2, 0.25) is 0 Å². The molecular formula is C18H15NO2S. The van der Waals surface area contributed by atoms with Crippen molar-refractivity contribution in [3.05, 3.63) is 70.0 Å². The molecule has 110 valence electrons. The maximum Gasteiger partial charge on any atom is 0.178 e. The molecule has 0 aliphatic carbocycles. The Bertz CT molecular complexity index is 781. The van der Waals surface area contributed by atoms with Gasteiger partial charge in [-0.3, -0.25) is 4.79 Å². The van der Waals surface area contributed by atoms with Crippen LogP contribution in [0.5, 0.6) is 5.75 Å². The summed E-state index contributed by atoms with van der Waals surface area (Å²) in [6.07, 6.45) is 0.779. The fourth-order valence-corrected chi connectivity index (χ4v) is 2.84. The van der Waals surface area contributed by atoms with Gasteiger partial charge in [0.15, 0.2) is 11.3 Å². The van der Waals surface area contributed by atoms with Crippen LogP contribution in [0.4, 0.5) is 0 Å². The van der Waals surface area contributed by atoms with Gasteiger partial charge < -0.3 is 4.74 Å². The van der Waals surface area contributed by atoms with Crippen LogP contribution >= 0.6 is 11.3 Å². The molecule has 0 unspecified atom stereocenters. The van der Waals surface area contributed by atoms with Crippen molar-refractivity contribution in [3.63, 3.8) is 0 Å². The molecule has 1 heterocycles. The Kier molecular flexibility index (Phi) is 4.30. The number of hydrogen-bond acceptors (Lipinski definition) is 4. The minimum atomic E-state index is 0.499. The summed E-state index contributed by atoms with van der Waals surface area (Å²) in [6, 6.07) is 16.0. The molecule has 2 aromatic carbocycles. The van der Waals surface area contributed by atoms with Gasteiger partial charge in [-0.2, -0.15) is 0 Å². The van der Waals surface area contributed by atoms with Gasteiger partial charge in [0, 0.05) is 10.9 Å². The van der Waals surface area contributed by atoms with Crippen molar-refractivity contribution in [1.29, 1.82) is 0 Å². The Morgan fingerprint density at radius 1 is 1.18 bits per heavy atom. The van der Waals surface area contributed by atoms with E-state index < -0.39 is 0 Å². The number of hydrogen-bond donors (Lipinski definition) is 0. The lowest BCUT2D eigenvalue weighted by atomic mass is 10.1. The summed E-state index contributed by atoms with van der Waals surface area (Å²) in [5.41, 5.74) is 4.07. The molecule has 0 spiro atoms. The fraction of sp³-hybridized carbons (Fsp3) is 0.111. The van der Waals surface area contributed by atoms with Gasteiger partial charge in [0.1, 0.15) is 12.4 Å². The first-order valence-corrected chi connectivity index (χ1v) is 7.82. The minimum absolute atomic E-state index is 0.499. The largest absolute Gasteiger partial charge is 0.489 e. The van der Waals surface area contributed by atoms with Crippen LogP contribution in [0.3, 0.4) is 0 Å². The summed E-state index contributed by atoms with van der Waals surface area (Å²) in [4.78, 5) is 15.0. The van der Waals surface area contributed by atoms with E-state index in [9.17, 15) is 4.79 Å². The molecular weight excluding hydrogens is 294 g/mol. The molecule has 0 aliphatic heterocycles. The number of ether oxygens (including phenoxy) is 1. The molecule has 0 radical (unpaired) electrons. The average molecular weight is 309 g/mol. The van der Waals surface area contributed by atoms with Crippen molar-refractivity contribution in [2.24, 2.45) is 0 Å². The molecule has 0 bridgehead atoms. The summed E-state index contributed by atoms with van der Waals surface area (Å²) < 4.78 is 5.82. The zero-order valence-electron chi connectivity index (χ0n) is 12.2. The second-order valence-corrected chi connectivity index (χ2v) is 5.83. The maximum atomic E-state index is 10.7. The summed E-state index contributed by atoms with van der Waals surface area (Å²) >= 11 is 1.35. The van der Waals surface area contributed by atoms with Crippen LogP contribution < -0.4 is 4.74 Å². The average Bonchev–Trinajstić information content (AvgIpc) is 3.03. The Hall–Kier alpha value is -2.46. The second kappa shape index (κ2) is 6.54. The van der Waals surface area contributed by atoms with Gasteiger partial charge >= 0.3 is 0 Å². The molecule has 1 aromatic heterocycles. The number of carbonyl (C=O) groups is 1. The number of nitrogens with zero attached hydrogens (tertiary/aromatic N) is 1. The number of rotatable bonds is 5. The standard InChI is InChI=1S/C18H15NO2S/c1-13-9-15(21-11-14-5-3-2-4-6-14)7-8-16(13)17-12-22-18(10-20)19-17/h2-10,12H,11H2,1H3. The van der Waals surface area contributed by atoms with Gasteiger partial charge in [-0.05, 0) is 36.2 Å². The number of aromatic nitrogens is 1. The zero-order valence-corrected chi connectivity index (χ0v) is 13.0. The Morgan fingerprint density at radius 3 is 2.68 bits per heavy atom. The van der Waals surface area contributed by atoms with Crippen LogP contribution in [0.15, 0.2) is 53.9 Å². The molecule has 0 saturated carbocycles. The van der Waals surface area contributed by atoms with Gasteiger partial charge in [-0.25, -0.2) is 4.98 Å². The lowest BCUT2D eigenvalue weighted by Crippen LogP contribution is -1.95. The summed E-state index contributed by atoms with van der Waals surface area (Å²) in [7, 11) is 0. The predicted molar refractivity (Wildman–Crippen MR) is 88.4 cm³/mol. The molecule has 4 heteroatoms. The second-order valence-electron chi connectivity index (χ2n) is 4.94. The van der Waals surface area contributed by atoms with Crippen molar-refractivity contribution in [2.75, 3.05) is 0 Å². The minimum Gasteiger partial charge on any atom is -0.489 e. The number of aldehydes is 1. The molecule has 3 nitrogen and oxygen atoms in total.